The van der Waals surface area contributed by atoms with E-state index < -0.39 is 24.0 Å². The van der Waals surface area contributed by atoms with Crippen LogP contribution in [0, 0.1) is 12.5 Å². The Kier molecular flexibility index (Phi) is 6.74. The molecule has 1 rings (SSSR count). The van der Waals surface area contributed by atoms with Crippen molar-refractivity contribution in [2.24, 2.45) is 5.92 Å². The van der Waals surface area contributed by atoms with Gasteiger partial charge in [0, 0.05) is 18.9 Å². The standard InChI is InChI=1S/C14H21N4O3/c1-9(2)4-5-17-14(21)12(10(3)19)18-13(20)11-8-15-6-7-16-11/h5-10,12,19H,4H2,1-3H3,(H,17,21)(H,18,20)/t10-,12+/m1/s1. The fourth-order valence-corrected chi connectivity index (χ4v) is 1.52. The van der Waals surface area contributed by atoms with E-state index in [1.807, 2.05) is 13.8 Å². The molecule has 3 N–H and O–H groups in total. The lowest BCUT2D eigenvalue weighted by molar-refractivity contribution is -0.124. The van der Waals surface area contributed by atoms with E-state index in [0.717, 1.165) is 0 Å². The summed E-state index contributed by atoms with van der Waals surface area (Å²) in [6.45, 7) is 7.09. The van der Waals surface area contributed by atoms with Crippen molar-refractivity contribution >= 4 is 11.8 Å². The third-order valence-corrected chi connectivity index (χ3v) is 2.68. The maximum absolute atomic E-state index is 12.0. The van der Waals surface area contributed by atoms with Crippen LogP contribution in [0.3, 0.4) is 0 Å². The molecule has 0 bridgehead atoms. The highest BCUT2D eigenvalue weighted by atomic mass is 16.3. The molecule has 0 saturated carbocycles. The Hall–Kier alpha value is -2.02. The van der Waals surface area contributed by atoms with Crippen LogP contribution in [0.2, 0.25) is 0 Å². The quantitative estimate of drug-likeness (QED) is 0.670. The second kappa shape index (κ2) is 8.31. The molecule has 7 nitrogen and oxygen atoms in total. The molecule has 2 amide bonds. The minimum Gasteiger partial charge on any atom is -0.391 e. The lowest BCUT2D eigenvalue weighted by Crippen LogP contribution is -2.52. The normalized spacial score (nSPS) is 13.6. The number of amides is 2. The molecule has 0 aliphatic rings. The van der Waals surface area contributed by atoms with Crippen LogP contribution in [0.25, 0.3) is 0 Å². The van der Waals surface area contributed by atoms with Gasteiger partial charge in [0.05, 0.1) is 12.3 Å². The van der Waals surface area contributed by atoms with Crippen LogP contribution in [0.1, 0.15) is 37.7 Å². The molecular weight excluding hydrogens is 272 g/mol. The molecule has 0 aliphatic carbocycles. The largest absolute Gasteiger partial charge is 0.391 e. The molecule has 0 unspecified atom stereocenters. The summed E-state index contributed by atoms with van der Waals surface area (Å²) in [5, 5.41) is 14.7. The molecule has 1 aromatic heterocycles. The number of rotatable bonds is 7. The van der Waals surface area contributed by atoms with Gasteiger partial charge in [0.15, 0.2) is 0 Å². The monoisotopic (exact) mass is 293 g/mol. The number of carbonyl (C=O) groups excluding carboxylic acids is 2. The van der Waals surface area contributed by atoms with Gasteiger partial charge in [0.25, 0.3) is 5.91 Å². The van der Waals surface area contributed by atoms with Crippen LogP contribution in [0.4, 0.5) is 0 Å². The van der Waals surface area contributed by atoms with Crippen molar-refractivity contribution in [3.8, 4) is 0 Å². The average molecular weight is 293 g/mol. The summed E-state index contributed by atoms with van der Waals surface area (Å²) < 4.78 is 0. The van der Waals surface area contributed by atoms with Gasteiger partial charge in [-0.15, -0.1) is 0 Å². The van der Waals surface area contributed by atoms with E-state index in [0.29, 0.717) is 12.3 Å². The van der Waals surface area contributed by atoms with Crippen LogP contribution < -0.4 is 10.6 Å². The third-order valence-electron chi connectivity index (χ3n) is 2.68. The summed E-state index contributed by atoms with van der Waals surface area (Å²) in [6.07, 6.45) is 3.78. The molecule has 1 aromatic rings. The number of nitrogens with zero attached hydrogens (tertiary/aromatic N) is 2. The summed E-state index contributed by atoms with van der Waals surface area (Å²) in [7, 11) is 0. The number of aromatic nitrogens is 2. The van der Waals surface area contributed by atoms with Gasteiger partial charge in [0.2, 0.25) is 5.91 Å². The highest BCUT2D eigenvalue weighted by molar-refractivity contribution is 5.96. The predicted molar refractivity (Wildman–Crippen MR) is 76.9 cm³/mol. The molecule has 1 radical (unpaired) electrons. The molecule has 7 heteroatoms. The van der Waals surface area contributed by atoms with E-state index in [9.17, 15) is 14.7 Å². The molecule has 0 aliphatic heterocycles. The smallest absolute Gasteiger partial charge is 0.272 e. The van der Waals surface area contributed by atoms with Crippen molar-refractivity contribution in [2.75, 3.05) is 0 Å². The van der Waals surface area contributed by atoms with E-state index in [1.54, 1.807) is 6.54 Å². The Morgan fingerprint density at radius 2 is 2.05 bits per heavy atom. The molecular formula is C14H21N4O3. The first kappa shape index (κ1) is 17.0. The number of nitrogens with one attached hydrogen (secondary N) is 2. The Balaban J connectivity index is 2.61. The maximum atomic E-state index is 12.0. The lowest BCUT2D eigenvalue weighted by Gasteiger charge is -2.20. The summed E-state index contributed by atoms with van der Waals surface area (Å²) in [6, 6.07) is -1.05. The van der Waals surface area contributed by atoms with Crippen LogP contribution in [0.5, 0.6) is 0 Å². The predicted octanol–water partition coefficient (Wildman–Crippen LogP) is 0.280. The minimum absolute atomic E-state index is 0.0853. The molecule has 1 heterocycles. The first-order valence-electron chi connectivity index (χ1n) is 6.78. The molecule has 0 aromatic carbocycles. The van der Waals surface area contributed by atoms with Gasteiger partial charge in [-0.2, -0.15) is 0 Å². The third kappa shape index (κ3) is 5.86. The van der Waals surface area contributed by atoms with E-state index in [-0.39, 0.29) is 5.69 Å². The summed E-state index contributed by atoms with van der Waals surface area (Å²) in [4.78, 5) is 31.5. The van der Waals surface area contributed by atoms with Crippen LogP contribution >= 0.6 is 0 Å². The number of hydrogen-bond acceptors (Lipinski definition) is 5. The van der Waals surface area contributed by atoms with Crippen molar-refractivity contribution < 1.29 is 14.7 Å². The summed E-state index contributed by atoms with van der Waals surface area (Å²) in [5.74, 6) is -0.625. The van der Waals surface area contributed by atoms with Crippen molar-refractivity contribution in [1.82, 2.24) is 20.6 Å². The van der Waals surface area contributed by atoms with Gasteiger partial charge >= 0.3 is 0 Å². The molecule has 115 valence electrons. The van der Waals surface area contributed by atoms with E-state index in [1.165, 1.54) is 25.5 Å². The Morgan fingerprint density at radius 1 is 1.33 bits per heavy atom. The summed E-state index contributed by atoms with van der Waals surface area (Å²) >= 11 is 0. The zero-order chi connectivity index (χ0) is 15.8. The fraction of sp³-hybridized carbons (Fsp3) is 0.500. The van der Waals surface area contributed by atoms with E-state index in [2.05, 4.69) is 20.6 Å². The first-order valence-corrected chi connectivity index (χ1v) is 6.78. The van der Waals surface area contributed by atoms with Crippen LogP contribution in [-0.2, 0) is 4.79 Å². The van der Waals surface area contributed by atoms with Crippen molar-refractivity contribution in [2.45, 2.75) is 39.3 Å². The molecule has 2 atom stereocenters. The molecule has 0 fully saturated rings. The van der Waals surface area contributed by atoms with Crippen LogP contribution in [0.15, 0.2) is 18.6 Å². The van der Waals surface area contributed by atoms with E-state index >= 15 is 0 Å². The SMILES string of the molecule is CC(C)C[CH]NC(=O)[C@@H](NC(=O)c1cnccn1)[C@@H](C)O. The van der Waals surface area contributed by atoms with Crippen molar-refractivity contribution in [3.05, 3.63) is 30.8 Å². The zero-order valence-electron chi connectivity index (χ0n) is 12.4. The van der Waals surface area contributed by atoms with Crippen LogP contribution in [-0.4, -0.2) is 39.0 Å². The second-order valence-electron chi connectivity index (χ2n) is 5.12. The van der Waals surface area contributed by atoms with Gasteiger partial charge in [0.1, 0.15) is 11.7 Å². The molecule has 0 spiro atoms. The minimum atomic E-state index is -1.05. The Morgan fingerprint density at radius 3 is 2.57 bits per heavy atom. The Labute approximate surface area is 124 Å². The highest BCUT2D eigenvalue weighted by Gasteiger charge is 2.26. The number of aliphatic hydroxyl groups is 1. The number of carbonyl (C=O) groups is 2. The van der Waals surface area contributed by atoms with Gasteiger partial charge in [-0.1, -0.05) is 13.8 Å². The van der Waals surface area contributed by atoms with Crippen molar-refractivity contribution in [3.63, 3.8) is 0 Å². The fourth-order valence-electron chi connectivity index (χ4n) is 1.52. The van der Waals surface area contributed by atoms with Gasteiger partial charge in [-0.25, -0.2) is 4.98 Å². The zero-order valence-corrected chi connectivity index (χ0v) is 12.4. The van der Waals surface area contributed by atoms with Gasteiger partial charge in [-0.05, 0) is 19.3 Å². The Bertz CT molecular complexity index is 463. The van der Waals surface area contributed by atoms with Gasteiger partial charge in [-0.3, -0.25) is 14.6 Å². The first-order chi connectivity index (χ1) is 9.91. The molecule has 0 saturated heterocycles. The number of hydrogen-bond donors (Lipinski definition) is 3. The topological polar surface area (TPSA) is 104 Å². The second-order valence-corrected chi connectivity index (χ2v) is 5.12. The average Bonchev–Trinajstić information content (AvgIpc) is 2.44. The highest BCUT2D eigenvalue weighted by Crippen LogP contribution is 2.02. The van der Waals surface area contributed by atoms with Crippen molar-refractivity contribution in [1.29, 1.82) is 0 Å². The van der Waals surface area contributed by atoms with E-state index in [4.69, 9.17) is 0 Å². The molecule has 21 heavy (non-hydrogen) atoms. The summed E-state index contributed by atoms with van der Waals surface area (Å²) in [5.41, 5.74) is 0.0853. The lowest BCUT2D eigenvalue weighted by atomic mass is 10.1. The number of aliphatic hydroxyl groups excluding tert-OH is 1. The maximum Gasteiger partial charge on any atom is 0.272 e. The van der Waals surface area contributed by atoms with Gasteiger partial charge < -0.3 is 15.7 Å².